The molecule has 118 valence electrons. The molecule has 0 heterocycles. The predicted molar refractivity (Wildman–Crippen MR) is 88.2 cm³/mol. The number of benzene rings is 1. The fraction of sp³-hybridized carbons (Fsp3) is 0.533. The zero-order valence-electron chi connectivity index (χ0n) is 13.3. The Kier molecular flexibility index (Phi) is 5.61. The second-order valence-corrected chi connectivity index (χ2v) is 11.7. The van der Waals surface area contributed by atoms with Crippen LogP contribution in [0.4, 0.5) is 4.39 Å². The maximum Gasteiger partial charge on any atom is 0.341 e. The van der Waals surface area contributed by atoms with E-state index in [1.165, 1.54) is 19.2 Å². The lowest BCUT2D eigenvalue weighted by molar-refractivity contribution is 0.0598. The molecule has 1 aromatic carbocycles. The van der Waals surface area contributed by atoms with Gasteiger partial charge in [-0.3, -0.25) is 0 Å². The summed E-state index contributed by atoms with van der Waals surface area (Å²) in [5, 5.41) is 0.272. The SMILES string of the molecule is COC(=O)c1cc(CBr)c(F)cc1O[Si](C)(C)C(C)(C)C. The van der Waals surface area contributed by atoms with Crippen LogP contribution in [0.15, 0.2) is 12.1 Å². The van der Waals surface area contributed by atoms with Crippen molar-refractivity contribution < 1.29 is 18.3 Å². The lowest BCUT2D eigenvalue weighted by atomic mass is 10.1. The summed E-state index contributed by atoms with van der Waals surface area (Å²) in [5.41, 5.74) is 0.663. The second-order valence-electron chi connectivity index (χ2n) is 6.43. The standard InChI is InChI=1S/C15H22BrFO3Si/c1-15(2,3)21(5,6)20-13-8-12(17)10(9-16)7-11(13)14(18)19-4/h7-8H,9H2,1-6H3. The number of hydrogen-bond donors (Lipinski definition) is 0. The smallest absolute Gasteiger partial charge is 0.341 e. The summed E-state index contributed by atoms with van der Waals surface area (Å²) in [5.74, 6) is -0.658. The minimum absolute atomic E-state index is 0.0506. The van der Waals surface area contributed by atoms with Gasteiger partial charge in [0.1, 0.15) is 17.1 Å². The summed E-state index contributed by atoms with van der Waals surface area (Å²) >= 11 is 3.21. The Morgan fingerprint density at radius 1 is 1.33 bits per heavy atom. The molecule has 0 amide bonds. The fourth-order valence-corrected chi connectivity index (χ4v) is 2.94. The van der Waals surface area contributed by atoms with E-state index in [0.717, 1.165) is 0 Å². The first-order valence-corrected chi connectivity index (χ1v) is 10.7. The highest BCUT2D eigenvalue weighted by Gasteiger charge is 2.40. The number of carbonyl (C=O) groups excluding carboxylic acids is 1. The Balaban J connectivity index is 3.35. The predicted octanol–water partition coefficient (Wildman–Crippen LogP) is 4.89. The van der Waals surface area contributed by atoms with E-state index in [-0.39, 0.29) is 16.4 Å². The topological polar surface area (TPSA) is 35.5 Å². The van der Waals surface area contributed by atoms with Crippen molar-refractivity contribution in [3.63, 3.8) is 0 Å². The maximum atomic E-state index is 14.0. The molecule has 0 saturated carbocycles. The molecule has 3 nitrogen and oxygen atoms in total. The molecular formula is C15H22BrFO3Si. The first kappa shape index (κ1) is 18.2. The lowest BCUT2D eigenvalue weighted by Gasteiger charge is -2.36. The van der Waals surface area contributed by atoms with Crippen LogP contribution in [-0.2, 0) is 10.1 Å². The first-order valence-electron chi connectivity index (χ1n) is 6.69. The third-order valence-corrected chi connectivity index (χ3v) is 8.82. The molecule has 0 radical (unpaired) electrons. The van der Waals surface area contributed by atoms with Gasteiger partial charge >= 0.3 is 5.97 Å². The third kappa shape index (κ3) is 4.07. The number of ether oxygens (including phenoxy) is 1. The van der Waals surface area contributed by atoms with Gasteiger partial charge in [0.2, 0.25) is 0 Å². The van der Waals surface area contributed by atoms with Gasteiger partial charge in [0, 0.05) is 11.4 Å². The van der Waals surface area contributed by atoms with Crippen LogP contribution in [-0.4, -0.2) is 21.4 Å². The number of halogens is 2. The Labute approximate surface area is 135 Å². The molecule has 1 rings (SSSR count). The van der Waals surface area contributed by atoms with Crippen LogP contribution in [0.5, 0.6) is 5.75 Å². The van der Waals surface area contributed by atoms with E-state index in [0.29, 0.717) is 10.9 Å². The molecule has 0 spiro atoms. The summed E-state index contributed by atoms with van der Waals surface area (Å²) in [6, 6.07) is 2.77. The zero-order chi connectivity index (χ0) is 16.4. The van der Waals surface area contributed by atoms with Gasteiger partial charge in [-0.25, -0.2) is 9.18 Å². The lowest BCUT2D eigenvalue weighted by Crippen LogP contribution is -2.44. The Morgan fingerprint density at radius 3 is 2.33 bits per heavy atom. The highest BCUT2D eigenvalue weighted by Crippen LogP contribution is 2.39. The molecule has 0 aliphatic rings. The number of carbonyl (C=O) groups is 1. The molecule has 6 heteroatoms. The summed E-state index contributed by atoms with van der Waals surface area (Å²) in [4.78, 5) is 11.9. The van der Waals surface area contributed by atoms with Crippen molar-refractivity contribution in [2.24, 2.45) is 0 Å². The molecule has 0 unspecified atom stereocenters. The van der Waals surface area contributed by atoms with Gasteiger partial charge in [-0.15, -0.1) is 0 Å². The summed E-state index contributed by atoms with van der Waals surface area (Å²) in [6.07, 6.45) is 0. The van der Waals surface area contributed by atoms with Crippen molar-refractivity contribution in [2.75, 3.05) is 7.11 Å². The van der Waals surface area contributed by atoms with Gasteiger partial charge in [0.05, 0.1) is 7.11 Å². The minimum atomic E-state index is -2.17. The van der Waals surface area contributed by atoms with Gasteiger partial charge < -0.3 is 9.16 Å². The van der Waals surface area contributed by atoms with Crippen LogP contribution in [0.1, 0.15) is 36.7 Å². The molecule has 21 heavy (non-hydrogen) atoms. The fourth-order valence-electron chi connectivity index (χ4n) is 1.48. The number of esters is 1. The molecule has 0 fully saturated rings. The highest BCUT2D eigenvalue weighted by molar-refractivity contribution is 9.08. The molecule has 0 saturated heterocycles. The van der Waals surface area contributed by atoms with Crippen LogP contribution in [0, 0.1) is 5.82 Å². The van der Waals surface area contributed by atoms with Crippen LogP contribution in [0.2, 0.25) is 18.1 Å². The normalized spacial score (nSPS) is 12.2. The quantitative estimate of drug-likeness (QED) is 0.426. The van der Waals surface area contributed by atoms with Crippen molar-refractivity contribution in [3.05, 3.63) is 29.1 Å². The van der Waals surface area contributed by atoms with Crippen LogP contribution in [0.3, 0.4) is 0 Å². The van der Waals surface area contributed by atoms with Crippen molar-refractivity contribution >= 4 is 30.2 Å². The number of hydrogen-bond acceptors (Lipinski definition) is 3. The Bertz CT molecular complexity index is 538. The molecular weight excluding hydrogens is 355 g/mol. The van der Waals surface area contributed by atoms with Gasteiger partial charge in [0.25, 0.3) is 8.32 Å². The maximum absolute atomic E-state index is 14.0. The van der Waals surface area contributed by atoms with Gasteiger partial charge in [-0.05, 0) is 29.8 Å². The van der Waals surface area contributed by atoms with E-state index in [4.69, 9.17) is 9.16 Å². The van der Waals surface area contributed by atoms with E-state index in [1.54, 1.807) is 0 Å². The monoisotopic (exact) mass is 376 g/mol. The number of methoxy groups -OCH3 is 1. The first-order chi connectivity index (χ1) is 9.53. The average molecular weight is 377 g/mol. The van der Waals surface area contributed by atoms with Crippen LogP contribution < -0.4 is 4.43 Å². The molecule has 1 aromatic rings. The van der Waals surface area contributed by atoms with Crippen LogP contribution >= 0.6 is 15.9 Å². The second kappa shape index (κ2) is 6.48. The molecule has 0 aliphatic heterocycles. The summed E-state index contributed by atoms with van der Waals surface area (Å²) in [7, 11) is -0.871. The van der Waals surface area contributed by atoms with Crippen molar-refractivity contribution in [3.8, 4) is 5.75 Å². The van der Waals surface area contributed by atoms with Crippen molar-refractivity contribution in [1.29, 1.82) is 0 Å². The zero-order valence-corrected chi connectivity index (χ0v) is 15.9. The summed E-state index contributed by atoms with van der Waals surface area (Å²) < 4.78 is 24.9. The Morgan fingerprint density at radius 2 is 1.90 bits per heavy atom. The number of rotatable bonds is 4. The van der Waals surface area contributed by atoms with E-state index >= 15 is 0 Å². The largest absolute Gasteiger partial charge is 0.543 e. The molecule has 0 atom stereocenters. The van der Waals surface area contributed by atoms with E-state index < -0.39 is 20.1 Å². The van der Waals surface area contributed by atoms with E-state index in [1.807, 2.05) is 13.1 Å². The highest BCUT2D eigenvalue weighted by atomic mass is 79.9. The molecule has 0 aromatic heterocycles. The third-order valence-electron chi connectivity index (χ3n) is 3.87. The van der Waals surface area contributed by atoms with Gasteiger partial charge in [-0.1, -0.05) is 36.7 Å². The molecule has 0 aliphatic carbocycles. The average Bonchev–Trinajstić information content (AvgIpc) is 2.36. The Hall–Kier alpha value is -0.883. The van der Waals surface area contributed by atoms with Crippen molar-refractivity contribution in [2.45, 2.75) is 44.2 Å². The van der Waals surface area contributed by atoms with Crippen LogP contribution in [0.25, 0.3) is 0 Å². The number of alkyl halides is 1. The molecule has 0 N–H and O–H groups in total. The van der Waals surface area contributed by atoms with E-state index in [9.17, 15) is 9.18 Å². The minimum Gasteiger partial charge on any atom is -0.543 e. The van der Waals surface area contributed by atoms with E-state index in [2.05, 4.69) is 36.7 Å². The molecule has 0 bridgehead atoms. The van der Waals surface area contributed by atoms with Crippen molar-refractivity contribution in [1.82, 2.24) is 0 Å². The summed E-state index contributed by atoms with van der Waals surface area (Å²) in [6.45, 7) is 10.3. The van der Waals surface area contributed by atoms with Gasteiger partial charge in [0.15, 0.2) is 0 Å². The van der Waals surface area contributed by atoms with Gasteiger partial charge in [-0.2, -0.15) is 0 Å².